The summed E-state index contributed by atoms with van der Waals surface area (Å²) in [5.41, 5.74) is 3.06. The number of piperidine rings is 1. The third kappa shape index (κ3) is 4.70. The first-order valence-electron chi connectivity index (χ1n) is 12.5. The molecule has 4 aromatic rings. The molecule has 0 spiro atoms. The van der Waals surface area contributed by atoms with Gasteiger partial charge in [0.15, 0.2) is 5.76 Å². The van der Waals surface area contributed by atoms with Crippen LogP contribution in [0.1, 0.15) is 24.3 Å². The first-order valence-corrected chi connectivity index (χ1v) is 12.5. The summed E-state index contributed by atoms with van der Waals surface area (Å²) in [7, 11) is 4.62. The van der Waals surface area contributed by atoms with E-state index >= 15 is 0 Å². The highest BCUT2D eigenvalue weighted by Gasteiger charge is 2.44. The third-order valence-electron chi connectivity index (χ3n) is 7.24. The number of aromatic nitrogens is 1. The van der Waals surface area contributed by atoms with Crippen LogP contribution in [0.25, 0.3) is 22.6 Å². The number of urea groups is 1. The van der Waals surface area contributed by atoms with Gasteiger partial charge in [-0.2, -0.15) is 0 Å². The molecule has 0 unspecified atom stereocenters. The van der Waals surface area contributed by atoms with Gasteiger partial charge < -0.3 is 18.8 Å². The van der Waals surface area contributed by atoms with Gasteiger partial charge in [0.25, 0.3) is 0 Å². The van der Waals surface area contributed by atoms with E-state index in [0.29, 0.717) is 42.6 Å². The van der Waals surface area contributed by atoms with Crippen LogP contribution < -0.4 is 9.47 Å². The van der Waals surface area contributed by atoms with Crippen LogP contribution >= 0.6 is 0 Å². The number of carbonyl (C=O) groups excluding carboxylic acids is 1. The Kier molecular flexibility index (Phi) is 7.07. The lowest BCUT2D eigenvalue weighted by atomic mass is 9.72. The fourth-order valence-corrected chi connectivity index (χ4v) is 5.08. The fraction of sp³-hybridized carbons (Fsp3) is 0.267. The zero-order valence-electron chi connectivity index (χ0n) is 21.8. The number of hydrogen-bond acceptors (Lipinski definition) is 6. The van der Waals surface area contributed by atoms with Gasteiger partial charge in [-0.05, 0) is 66.9 Å². The maximum atomic E-state index is 12.5. The lowest BCUT2D eigenvalue weighted by Gasteiger charge is -2.40. The summed E-state index contributed by atoms with van der Waals surface area (Å²) in [5.74, 6) is 2.78. The maximum Gasteiger partial charge on any atom is 0.343 e. The first-order chi connectivity index (χ1) is 18.4. The van der Waals surface area contributed by atoms with Gasteiger partial charge in [-0.1, -0.05) is 30.3 Å². The third-order valence-corrected chi connectivity index (χ3v) is 7.24. The van der Waals surface area contributed by atoms with E-state index in [4.69, 9.17) is 18.9 Å². The van der Waals surface area contributed by atoms with Gasteiger partial charge in [0.05, 0.1) is 19.6 Å². The second kappa shape index (κ2) is 10.6. The van der Waals surface area contributed by atoms with Crippen molar-refractivity contribution in [3.8, 4) is 34.1 Å². The van der Waals surface area contributed by atoms with Gasteiger partial charge in [0.1, 0.15) is 17.2 Å². The predicted molar refractivity (Wildman–Crippen MR) is 143 cm³/mol. The number of rotatable bonds is 6. The maximum absolute atomic E-state index is 12.5. The quantitative estimate of drug-likeness (QED) is 0.257. The molecule has 0 aliphatic carbocycles. The number of oxazole rings is 1. The van der Waals surface area contributed by atoms with Crippen molar-refractivity contribution in [2.75, 3.05) is 34.4 Å². The Balaban J connectivity index is 1.63. The van der Waals surface area contributed by atoms with Crippen molar-refractivity contribution in [3.05, 3.63) is 90.3 Å². The smallest absolute Gasteiger partial charge is 0.343 e. The second-order valence-electron chi connectivity index (χ2n) is 9.40. The zero-order valence-corrected chi connectivity index (χ0v) is 21.8. The molecule has 0 bridgehead atoms. The Morgan fingerprint density at radius 1 is 0.895 bits per heavy atom. The van der Waals surface area contributed by atoms with Crippen molar-refractivity contribution in [1.29, 1.82) is 0 Å². The Morgan fingerprint density at radius 2 is 1.45 bits per heavy atom. The molecule has 1 saturated heterocycles. The molecule has 1 aliphatic rings. The molecule has 3 aromatic carbocycles. The van der Waals surface area contributed by atoms with Gasteiger partial charge in [-0.25, -0.2) is 14.8 Å². The Hall–Kier alpha value is -4.30. The van der Waals surface area contributed by atoms with Crippen LogP contribution in [0.4, 0.5) is 4.79 Å². The number of hydroxylamine groups is 2. The summed E-state index contributed by atoms with van der Waals surface area (Å²) < 4.78 is 17.4. The lowest BCUT2D eigenvalue weighted by molar-refractivity contribution is -0.0370. The molecule has 8 heteroatoms. The van der Waals surface area contributed by atoms with Crippen LogP contribution in [0.5, 0.6) is 11.5 Å². The highest BCUT2D eigenvalue weighted by Crippen LogP contribution is 2.45. The van der Waals surface area contributed by atoms with Crippen LogP contribution in [0.15, 0.2) is 83.3 Å². The minimum atomic E-state index is -0.544. The molecule has 2 amide bonds. The largest absolute Gasteiger partial charge is 0.497 e. The lowest BCUT2D eigenvalue weighted by Crippen LogP contribution is -2.49. The number of likely N-dealkylation sites (tertiary alicyclic amines) is 1. The highest BCUT2D eigenvalue weighted by molar-refractivity contribution is 5.78. The fourth-order valence-electron chi connectivity index (χ4n) is 5.08. The normalized spacial score (nSPS) is 14.7. The van der Waals surface area contributed by atoms with Crippen molar-refractivity contribution >= 4 is 6.03 Å². The van der Waals surface area contributed by atoms with Crippen molar-refractivity contribution in [2.45, 2.75) is 18.3 Å². The molecular weight excluding hydrogens is 482 g/mol. The number of amides is 2. The highest BCUT2D eigenvalue weighted by atomic mass is 16.5. The van der Waals surface area contributed by atoms with E-state index in [1.807, 2.05) is 66.7 Å². The van der Waals surface area contributed by atoms with E-state index in [9.17, 15) is 10.0 Å². The monoisotopic (exact) mass is 513 g/mol. The van der Waals surface area contributed by atoms with Crippen LogP contribution in [-0.4, -0.2) is 60.5 Å². The molecule has 8 nitrogen and oxygen atoms in total. The summed E-state index contributed by atoms with van der Waals surface area (Å²) in [4.78, 5) is 19.2. The predicted octanol–water partition coefficient (Wildman–Crippen LogP) is 5.85. The van der Waals surface area contributed by atoms with E-state index < -0.39 is 11.4 Å². The molecule has 0 radical (unpaired) electrons. The number of carbonyl (C=O) groups is 1. The van der Waals surface area contributed by atoms with Crippen molar-refractivity contribution in [2.24, 2.45) is 0 Å². The summed E-state index contributed by atoms with van der Waals surface area (Å²) in [6, 6.07) is 25.2. The average Bonchev–Trinajstić information content (AvgIpc) is 3.43. The molecule has 1 aromatic heterocycles. The molecule has 196 valence electrons. The van der Waals surface area contributed by atoms with Crippen molar-refractivity contribution < 1.29 is 23.9 Å². The van der Waals surface area contributed by atoms with Gasteiger partial charge in [0, 0.05) is 31.3 Å². The number of ether oxygens (including phenoxy) is 2. The summed E-state index contributed by atoms with van der Waals surface area (Å²) >= 11 is 0. The van der Waals surface area contributed by atoms with Crippen LogP contribution in [0, 0.1) is 0 Å². The molecular formula is C30H31N3O5. The number of benzene rings is 3. The SMILES string of the molecule is COc1ccc(-c2nc(C3(c4ccccc4)CCN(C(=O)N(C)O)CC3)oc2-c2ccc(OC)cc2)cc1. The number of hydrogen-bond donors (Lipinski definition) is 1. The number of methoxy groups -OCH3 is 2. The van der Waals surface area contributed by atoms with E-state index in [1.165, 1.54) is 7.05 Å². The minimum absolute atomic E-state index is 0.420. The van der Waals surface area contributed by atoms with E-state index in [0.717, 1.165) is 33.9 Å². The standard InChI is InChI=1S/C30H31N3O5/c1-32(35)29(34)33-19-17-30(18-20-33,23-7-5-4-6-8-23)28-31-26(21-9-13-24(36-2)14-10-21)27(38-28)22-11-15-25(37-3)16-12-22/h4-16,35H,17-20H2,1-3H3. The minimum Gasteiger partial charge on any atom is -0.497 e. The van der Waals surface area contributed by atoms with Gasteiger partial charge in [0.2, 0.25) is 5.89 Å². The van der Waals surface area contributed by atoms with Gasteiger partial charge >= 0.3 is 6.03 Å². The molecule has 1 aliphatic heterocycles. The molecule has 5 rings (SSSR count). The second-order valence-corrected chi connectivity index (χ2v) is 9.40. The van der Waals surface area contributed by atoms with Crippen molar-refractivity contribution in [3.63, 3.8) is 0 Å². The Morgan fingerprint density at radius 3 is 1.97 bits per heavy atom. The van der Waals surface area contributed by atoms with Crippen LogP contribution in [0.3, 0.4) is 0 Å². The zero-order chi connectivity index (χ0) is 26.7. The molecule has 1 N–H and O–H groups in total. The van der Waals surface area contributed by atoms with E-state index in [-0.39, 0.29) is 0 Å². The Bertz CT molecular complexity index is 1310. The van der Waals surface area contributed by atoms with E-state index in [1.54, 1.807) is 19.1 Å². The molecule has 0 saturated carbocycles. The van der Waals surface area contributed by atoms with Crippen LogP contribution in [-0.2, 0) is 5.41 Å². The van der Waals surface area contributed by atoms with E-state index in [2.05, 4.69) is 12.1 Å². The summed E-state index contributed by atoms with van der Waals surface area (Å²) in [6.45, 7) is 0.910. The van der Waals surface area contributed by atoms with Crippen LogP contribution in [0.2, 0.25) is 0 Å². The molecule has 1 fully saturated rings. The average molecular weight is 514 g/mol. The Labute approximate surface area is 222 Å². The molecule has 2 heterocycles. The molecule has 38 heavy (non-hydrogen) atoms. The van der Waals surface area contributed by atoms with Gasteiger partial charge in [-0.3, -0.25) is 5.21 Å². The van der Waals surface area contributed by atoms with Crippen molar-refractivity contribution in [1.82, 2.24) is 14.9 Å². The topological polar surface area (TPSA) is 88.3 Å². The summed E-state index contributed by atoms with van der Waals surface area (Å²) in [6.07, 6.45) is 1.20. The number of nitrogens with zero attached hydrogens (tertiary/aromatic N) is 3. The first kappa shape index (κ1) is 25.4. The summed E-state index contributed by atoms with van der Waals surface area (Å²) in [5, 5.41) is 10.3. The van der Waals surface area contributed by atoms with Gasteiger partial charge in [-0.15, -0.1) is 0 Å². The molecule has 0 atom stereocenters.